The van der Waals surface area contributed by atoms with Crippen LogP contribution in [0.25, 0.3) is 0 Å². The molecule has 2 unspecified atom stereocenters. The van der Waals surface area contributed by atoms with Crippen LogP contribution in [0.1, 0.15) is 28.9 Å². The fourth-order valence-electron chi connectivity index (χ4n) is 2.50. The number of nitrogens with two attached hydrogens (primary N) is 1. The number of halogens is 1. The maximum atomic E-state index is 12.6. The summed E-state index contributed by atoms with van der Waals surface area (Å²) in [4.78, 5) is 24.3. The van der Waals surface area contributed by atoms with Crippen LogP contribution < -0.4 is 11.1 Å². The topological polar surface area (TPSA) is 116 Å². The third kappa shape index (κ3) is 5.79. The van der Waals surface area contributed by atoms with Gasteiger partial charge in [0.05, 0.1) is 23.5 Å². The number of carbonyl (C=O) groups is 2. The molecule has 1 amide bonds. The molecular weight excluding hydrogens is 404 g/mol. The normalized spacial score (nSPS) is 13.0. The van der Waals surface area contributed by atoms with E-state index in [1.807, 2.05) is 30.3 Å². The van der Waals surface area contributed by atoms with Crippen molar-refractivity contribution in [3.8, 4) is 0 Å². The lowest BCUT2D eigenvalue weighted by molar-refractivity contribution is -0.120. The summed E-state index contributed by atoms with van der Waals surface area (Å²) in [5, 5.41) is 2.63. The first-order valence-corrected chi connectivity index (χ1v) is 10.1. The molecule has 0 saturated heterocycles. The van der Waals surface area contributed by atoms with E-state index in [1.165, 1.54) is 25.3 Å². The predicted octanol–water partition coefficient (Wildman–Crippen LogP) is 2.57. The van der Waals surface area contributed by atoms with Crippen molar-refractivity contribution in [1.29, 1.82) is 0 Å². The van der Waals surface area contributed by atoms with Crippen LogP contribution in [-0.4, -0.2) is 33.7 Å². The monoisotopic (exact) mass is 426 g/mol. The minimum Gasteiger partial charge on any atom is -0.465 e. The number of rotatable bonds is 6. The molecule has 2 aromatic rings. The van der Waals surface area contributed by atoms with Crippen LogP contribution in [0.2, 0.25) is 0 Å². The molecule has 2 rings (SSSR count). The van der Waals surface area contributed by atoms with Gasteiger partial charge in [-0.3, -0.25) is 4.79 Å². The average molecular weight is 427 g/mol. The van der Waals surface area contributed by atoms with Crippen molar-refractivity contribution in [3.63, 3.8) is 0 Å². The first-order valence-electron chi connectivity index (χ1n) is 8.18. The number of benzene rings is 2. The summed E-state index contributed by atoms with van der Waals surface area (Å²) < 4.78 is 28.4. The number of anilines is 1. The van der Waals surface area contributed by atoms with Crippen molar-refractivity contribution in [2.75, 3.05) is 18.7 Å². The van der Waals surface area contributed by atoms with Gasteiger partial charge in [-0.15, -0.1) is 12.4 Å². The smallest absolute Gasteiger partial charge is 0.337 e. The molecule has 0 saturated carbocycles. The number of nitrogens with one attached hydrogen (secondary N) is 1. The molecule has 0 radical (unpaired) electrons. The van der Waals surface area contributed by atoms with Gasteiger partial charge in [0.15, 0.2) is 9.84 Å². The van der Waals surface area contributed by atoms with Crippen LogP contribution in [-0.2, 0) is 19.4 Å². The lowest BCUT2D eigenvalue weighted by Crippen LogP contribution is -2.30. The van der Waals surface area contributed by atoms with E-state index in [2.05, 4.69) is 10.1 Å². The van der Waals surface area contributed by atoms with Gasteiger partial charge in [0.1, 0.15) is 0 Å². The first kappa shape index (κ1) is 23.6. The van der Waals surface area contributed by atoms with Gasteiger partial charge in [-0.05, 0) is 23.8 Å². The van der Waals surface area contributed by atoms with E-state index in [0.29, 0.717) is 0 Å². The van der Waals surface area contributed by atoms with Crippen molar-refractivity contribution >= 4 is 39.8 Å². The van der Waals surface area contributed by atoms with Crippen molar-refractivity contribution in [2.24, 2.45) is 11.7 Å². The molecular formula is C19H23ClN2O5S. The largest absolute Gasteiger partial charge is 0.465 e. The highest BCUT2D eigenvalue weighted by molar-refractivity contribution is 7.90. The Kier molecular flexibility index (Phi) is 8.16. The van der Waals surface area contributed by atoms with Gasteiger partial charge in [0.2, 0.25) is 5.91 Å². The average Bonchev–Trinajstić information content (AvgIpc) is 2.65. The van der Waals surface area contributed by atoms with Crippen molar-refractivity contribution in [3.05, 3.63) is 59.7 Å². The number of hydrogen-bond donors (Lipinski definition) is 2. The summed E-state index contributed by atoms with van der Waals surface area (Å²) in [5.41, 5.74) is 7.17. The fourth-order valence-corrected chi connectivity index (χ4v) is 3.19. The Hall–Kier alpha value is -2.42. The van der Waals surface area contributed by atoms with Gasteiger partial charge < -0.3 is 15.8 Å². The first-order chi connectivity index (χ1) is 12.6. The van der Waals surface area contributed by atoms with E-state index in [9.17, 15) is 18.0 Å². The molecule has 0 aliphatic carbocycles. The highest BCUT2D eigenvalue weighted by atomic mass is 35.5. The standard InChI is InChI=1S/C19H22N2O5S.ClH/c1-12(17(20)13-7-5-4-6-8-13)18(22)21-15-9-14(19(23)26-2)10-16(11-15)27(3,24)25;/h4-12,17H,20H2,1-3H3,(H,21,22);1H. The van der Waals surface area contributed by atoms with E-state index in [4.69, 9.17) is 5.73 Å². The van der Waals surface area contributed by atoms with Crippen molar-refractivity contribution in [2.45, 2.75) is 17.9 Å². The number of carbonyl (C=O) groups excluding carboxylic acids is 2. The Labute approximate surface area is 170 Å². The predicted molar refractivity (Wildman–Crippen MR) is 109 cm³/mol. The summed E-state index contributed by atoms with van der Waals surface area (Å²) in [5.74, 6) is -1.69. The molecule has 28 heavy (non-hydrogen) atoms. The molecule has 2 aromatic carbocycles. The zero-order valence-electron chi connectivity index (χ0n) is 15.7. The van der Waals surface area contributed by atoms with Gasteiger partial charge >= 0.3 is 5.97 Å². The molecule has 7 nitrogen and oxygen atoms in total. The minimum atomic E-state index is -3.59. The van der Waals surface area contributed by atoms with Crippen LogP contribution in [0.15, 0.2) is 53.4 Å². The third-order valence-corrected chi connectivity index (χ3v) is 5.25. The summed E-state index contributed by atoms with van der Waals surface area (Å²) in [7, 11) is -2.40. The second-order valence-electron chi connectivity index (χ2n) is 6.22. The molecule has 0 aromatic heterocycles. The third-order valence-electron chi connectivity index (χ3n) is 4.16. The Morgan fingerprint density at radius 2 is 1.71 bits per heavy atom. The van der Waals surface area contributed by atoms with Crippen molar-refractivity contribution in [1.82, 2.24) is 0 Å². The maximum Gasteiger partial charge on any atom is 0.337 e. The van der Waals surface area contributed by atoms with Gasteiger partial charge in [-0.1, -0.05) is 37.3 Å². The van der Waals surface area contributed by atoms with Crippen LogP contribution in [0, 0.1) is 5.92 Å². The Morgan fingerprint density at radius 3 is 2.25 bits per heavy atom. The molecule has 0 spiro atoms. The molecule has 0 aliphatic heterocycles. The number of methoxy groups -OCH3 is 1. The molecule has 2 atom stereocenters. The quantitative estimate of drug-likeness (QED) is 0.686. The highest BCUT2D eigenvalue weighted by Gasteiger charge is 2.23. The number of esters is 1. The summed E-state index contributed by atoms with van der Waals surface area (Å²) >= 11 is 0. The molecule has 0 bridgehead atoms. The SMILES string of the molecule is COC(=O)c1cc(NC(=O)C(C)C(N)c2ccccc2)cc(S(C)(=O)=O)c1.Cl. The maximum absolute atomic E-state index is 12.6. The number of amides is 1. The lowest BCUT2D eigenvalue weighted by Gasteiger charge is -2.20. The van der Waals surface area contributed by atoms with E-state index >= 15 is 0 Å². The van der Waals surface area contributed by atoms with Gasteiger partial charge in [0.25, 0.3) is 0 Å². The van der Waals surface area contributed by atoms with E-state index in [-0.39, 0.29) is 28.6 Å². The van der Waals surface area contributed by atoms with Crippen molar-refractivity contribution < 1.29 is 22.7 Å². The summed E-state index contributed by atoms with van der Waals surface area (Å²) in [6, 6.07) is 12.5. The second kappa shape index (κ2) is 9.68. The van der Waals surface area contributed by atoms with Gasteiger partial charge in [-0.2, -0.15) is 0 Å². The van der Waals surface area contributed by atoms with E-state index in [0.717, 1.165) is 11.8 Å². The van der Waals surface area contributed by atoms with E-state index in [1.54, 1.807) is 6.92 Å². The molecule has 3 N–H and O–H groups in total. The zero-order chi connectivity index (χ0) is 20.2. The minimum absolute atomic E-state index is 0. The van der Waals surface area contributed by atoms with Crippen LogP contribution in [0.3, 0.4) is 0 Å². The summed E-state index contributed by atoms with van der Waals surface area (Å²) in [6.45, 7) is 1.68. The Bertz CT molecular complexity index is 948. The zero-order valence-corrected chi connectivity index (χ0v) is 17.3. The molecule has 9 heteroatoms. The Morgan fingerprint density at radius 1 is 1.11 bits per heavy atom. The number of sulfone groups is 1. The highest BCUT2D eigenvalue weighted by Crippen LogP contribution is 2.23. The fraction of sp³-hybridized carbons (Fsp3) is 0.263. The number of ether oxygens (including phenoxy) is 1. The van der Waals surface area contributed by atoms with Gasteiger partial charge in [0, 0.05) is 18.0 Å². The molecule has 0 heterocycles. The Balaban J connectivity index is 0.00000392. The molecule has 152 valence electrons. The van der Waals surface area contributed by atoms with Crippen LogP contribution in [0.5, 0.6) is 0 Å². The molecule has 0 aliphatic rings. The van der Waals surface area contributed by atoms with E-state index < -0.39 is 33.7 Å². The van der Waals surface area contributed by atoms with Crippen LogP contribution in [0.4, 0.5) is 5.69 Å². The second-order valence-corrected chi connectivity index (χ2v) is 8.24. The molecule has 0 fully saturated rings. The van der Waals surface area contributed by atoms with Gasteiger partial charge in [-0.25, -0.2) is 13.2 Å². The number of hydrogen-bond acceptors (Lipinski definition) is 6. The van der Waals surface area contributed by atoms with Crippen LogP contribution >= 0.6 is 12.4 Å². The lowest BCUT2D eigenvalue weighted by atomic mass is 9.94. The summed E-state index contributed by atoms with van der Waals surface area (Å²) in [6.07, 6.45) is 1.02.